The van der Waals surface area contributed by atoms with Gasteiger partial charge in [0.25, 0.3) is 5.91 Å². The zero-order chi connectivity index (χ0) is 24.9. The number of aliphatic hydroxyl groups excluding tert-OH is 1. The molecule has 0 spiro atoms. The standard InChI is InChI=1S/C27H31BrN4O3/c1-4-30(12-13-33)10-11-31-17(2)32-25(18-6-5-7-20(34)14-18)24-22(16-27(32,3)26(31)35)21-15-19(28)8-9-23(21)29-24/h5-9,14-15,25,29,33-34H,2,4,10-13,16H2,1,3H3/t25-,27+/m1/s1. The zero-order valence-corrected chi connectivity index (χ0v) is 21.7. The van der Waals surface area contributed by atoms with Crippen molar-refractivity contribution in [2.75, 3.05) is 32.8 Å². The van der Waals surface area contributed by atoms with E-state index in [1.54, 1.807) is 17.0 Å². The molecule has 7 nitrogen and oxygen atoms in total. The summed E-state index contributed by atoms with van der Waals surface area (Å²) in [5.41, 5.74) is 3.24. The number of halogens is 1. The summed E-state index contributed by atoms with van der Waals surface area (Å²) in [6.45, 7) is 11.1. The van der Waals surface area contributed by atoms with Crippen LogP contribution in [0.2, 0.25) is 0 Å². The lowest BCUT2D eigenvalue weighted by atomic mass is 9.81. The highest BCUT2D eigenvalue weighted by Crippen LogP contribution is 2.51. The number of phenols is 1. The second-order valence-corrected chi connectivity index (χ2v) is 10.5. The number of amides is 1. The van der Waals surface area contributed by atoms with Gasteiger partial charge in [0.2, 0.25) is 0 Å². The van der Waals surface area contributed by atoms with Crippen molar-refractivity contribution in [1.29, 1.82) is 0 Å². The molecule has 184 valence electrons. The van der Waals surface area contributed by atoms with Crippen LogP contribution in [0.1, 0.15) is 36.7 Å². The van der Waals surface area contributed by atoms with Crippen LogP contribution in [0.25, 0.3) is 10.9 Å². The lowest BCUT2D eigenvalue weighted by molar-refractivity contribution is -0.133. The highest BCUT2D eigenvalue weighted by molar-refractivity contribution is 9.10. The SMILES string of the molecule is C=C1N(CCN(CC)CCO)C(=O)[C@]2(C)Cc3c([nH]c4ccc(Br)cc34)[C@@H](c3cccc(O)c3)N12. The fourth-order valence-corrected chi connectivity index (χ4v) is 6.07. The number of phenolic OH excluding ortho intramolecular Hbond substituents is 1. The first-order valence-corrected chi connectivity index (χ1v) is 12.8. The molecule has 1 amide bonds. The number of aromatic hydroxyl groups is 1. The molecule has 0 bridgehead atoms. The van der Waals surface area contributed by atoms with Crippen LogP contribution < -0.4 is 0 Å². The minimum absolute atomic E-state index is 0.0303. The fraction of sp³-hybridized carbons (Fsp3) is 0.370. The van der Waals surface area contributed by atoms with Crippen LogP contribution in [0, 0.1) is 0 Å². The van der Waals surface area contributed by atoms with Gasteiger partial charge in [-0.05, 0) is 54.9 Å². The first-order valence-electron chi connectivity index (χ1n) is 12.0. The Morgan fingerprint density at radius 3 is 2.77 bits per heavy atom. The van der Waals surface area contributed by atoms with Gasteiger partial charge in [-0.25, -0.2) is 0 Å². The molecule has 8 heteroatoms. The Balaban J connectivity index is 1.62. The van der Waals surface area contributed by atoms with E-state index in [0.29, 0.717) is 31.9 Å². The van der Waals surface area contributed by atoms with E-state index in [4.69, 9.17) is 0 Å². The molecule has 1 fully saturated rings. The number of hydrogen-bond donors (Lipinski definition) is 3. The molecule has 5 rings (SSSR count). The lowest BCUT2D eigenvalue weighted by Crippen LogP contribution is -2.52. The van der Waals surface area contributed by atoms with E-state index in [1.165, 1.54) is 0 Å². The van der Waals surface area contributed by atoms with Crippen molar-refractivity contribution in [3.63, 3.8) is 0 Å². The molecular formula is C27H31BrN4O3. The second kappa shape index (κ2) is 9.00. The van der Waals surface area contributed by atoms with Gasteiger partial charge in [0.05, 0.1) is 12.6 Å². The average Bonchev–Trinajstić information content (AvgIpc) is 3.27. The number of hydrogen-bond acceptors (Lipinski definition) is 5. The third kappa shape index (κ3) is 3.84. The van der Waals surface area contributed by atoms with Crippen LogP contribution >= 0.6 is 15.9 Å². The average molecular weight is 539 g/mol. The number of fused-ring (bicyclic) bond motifs is 4. The van der Waals surface area contributed by atoms with Crippen molar-refractivity contribution in [3.05, 3.63) is 76.2 Å². The van der Waals surface area contributed by atoms with E-state index in [-0.39, 0.29) is 24.3 Å². The molecule has 0 unspecified atom stereocenters. The van der Waals surface area contributed by atoms with Gasteiger partial charge in [-0.1, -0.05) is 41.6 Å². The molecule has 0 radical (unpaired) electrons. The van der Waals surface area contributed by atoms with Crippen LogP contribution in [0.4, 0.5) is 0 Å². The third-order valence-corrected chi connectivity index (χ3v) is 7.96. The van der Waals surface area contributed by atoms with Gasteiger partial charge in [-0.3, -0.25) is 14.6 Å². The monoisotopic (exact) mass is 538 g/mol. The van der Waals surface area contributed by atoms with E-state index >= 15 is 0 Å². The molecule has 0 saturated carbocycles. The van der Waals surface area contributed by atoms with Gasteiger partial charge in [-0.2, -0.15) is 0 Å². The summed E-state index contributed by atoms with van der Waals surface area (Å²) >= 11 is 3.60. The number of nitrogens with zero attached hydrogens (tertiary/aromatic N) is 3. The Kier molecular flexibility index (Phi) is 6.15. The van der Waals surface area contributed by atoms with E-state index < -0.39 is 5.54 Å². The first-order chi connectivity index (χ1) is 16.8. The Bertz CT molecular complexity index is 1300. The van der Waals surface area contributed by atoms with E-state index in [1.807, 2.05) is 31.2 Å². The van der Waals surface area contributed by atoms with Crippen molar-refractivity contribution < 1.29 is 15.0 Å². The number of benzene rings is 2. The van der Waals surface area contributed by atoms with Crippen LogP contribution in [0.3, 0.4) is 0 Å². The summed E-state index contributed by atoms with van der Waals surface area (Å²) in [6, 6.07) is 13.1. The predicted molar refractivity (Wildman–Crippen MR) is 140 cm³/mol. The Hall–Kier alpha value is -2.81. The van der Waals surface area contributed by atoms with Crippen molar-refractivity contribution in [2.24, 2.45) is 0 Å². The molecule has 2 aliphatic heterocycles. The van der Waals surface area contributed by atoms with Gasteiger partial charge in [-0.15, -0.1) is 0 Å². The number of nitrogens with one attached hydrogen (secondary N) is 1. The number of aliphatic hydroxyl groups is 1. The lowest BCUT2D eigenvalue weighted by Gasteiger charge is -2.44. The summed E-state index contributed by atoms with van der Waals surface area (Å²) < 4.78 is 0.987. The normalized spacial score (nSPS) is 21.8. The molecule has 1 saturated heterocycles. The Morgan fingerprint density at radius 1 is 1.26 bits per heavy atom. The molecule has 2 aromatic carbocycles. The Morgan fingerprint density at radius 2 is 2.06 bits per heavy atom. The molecule has 3 heterocycles. The highest BCUT2D eigenvalue weighted by atomic mass is 79.9. The number of aromatic nitrogens is 1. The van der Waals surface area contributed by atoms with Crippen molar-refractivity contribution >= 4 is 32.7 Å². The van der Waals surface area contributed by atoms with Crippen LogP contribution in [-0.2, 0) is 11.2 Å². The maximum Gasteiger partial charge on any atom is 0.254 e. The molecule has 3 N–H and O–H groups in total. The van der Waals surface area contributed by atoms with Crippen LogP contribution in [-0.4, -0.2) is 74.1 Å². The summed E-state index contributed by atoms with van der Waals surface area (Å²) in [5, 5.41) is 20.8. The first kappa shape index (κ1) is 23.9. The summed E-state index contributed by atoms with van der Waals surface area (Å²) in [4.78, 5) is 23.7. The summed E-state index contributed by atoms with van der Waals surface area (Å²) in [7, 11) is 0. The number of carbonyl (C=O) groups excluding carboxylic acids is 1. The van der Waals surface area contributed by atoms with Gasteiger partial charge < -0.3 is 20.1 Å². The van der Waals surface area contributed by atoms with E-state index in [9.17, 15) is 15.0 Å². The van der Waals surface area contributed by atoms with Gasteiger partial charge in [0.1, 0.15) is 17.1 Å². The largest absolute Gasteiger partial charge is 0.508 e. The second-order valence-electron chi connectivity index (χ2n) is 9.56. The minimum atomic E-state index is -0.814. The number of H-pyrrole nitrogens is 1. The van der Waals surface area contributed by atoms with Gasteiger partial charge in [0.15, 0.2) is 0 Å². The molecule has 2 aliphatic rings. The highest BCUT2D eigenvalue weighted by Gasteiger charge is 2.57. The van der Waals surface area contributed by atoms with Crippen molar-refractivity contribution in [2.45, 2.75) is 31.8 Å². The minimum Gasteiger partial charge on any atom is -0.508 e. The molecular weight excluding hydrogens is 508 g/mol. The van der Waals surface area contributed by atoms with Crippen molar-refractivity contribution in [1.82, 2.24) is 19.7 Å². The Labute approximate surface area is 213 Å². The van der Waals surface area contributed by atoms with Crippen molar-refractivity contribution in [3.8, 4) is 5.75 Å². The van der Waals surface area contributed by atoms with Gasteiger partial charge >= 0.3 is 0 Å². The fourth-order valence-electron chi connectivity index (χ4n) is 5.71. The predicted octanol–water partition coefficient (Wildman–Crippen LogP) is 3.97. The third-order valence-electron chi connectivity index (χ3n) is 7.47. The number of likely N-dealkylation sites (N-methyl/N-ethyl adjacent to an activating group) is 1. The molecule has 1 aromatic heterocycles. The molecule has 0 aliphatic carbocycles. The summed E-state index contributed by atoms with van der Waals surface area (Å²) in [5.74, 6) is 0.879. The van der Waals surface area contributed by atoms with Crippen LogP contribution in [0.15, 0.2) is 59.3 Å². The molecule has 35 heavy (non-hydrogen) atoms. The number of aromatic amines is 1. The maximum atomic E-state index is 14.0. The van der Waals surface area contributed by atoms with E-state index in [2.05, 4.69) is 50.3 Å². The topological polar surface area (TPSA) is 83.0 Å². The summed E-state index contributed by atoms with van der Waals surface area (Å²) in [6.07, 6.45) is 0.552. The molecule has 3 aromatic rings. The maximum absolute atomic E-state index is 14.0. The molecule has 2 atom stereocenters. The van der Waals surface area contributed by atoms with Crippen LogP contribution in [0.5, 0.6) is 5.75 Å². The quantitative estimate of drug-likeness (QED) is 0.424. The zero-order valence-electron chi connectivity index (χ0n) is 20.1. The van der Waals surface area contributed by atoms with Gasteiger partial charge in [0, 0.05) is 47.1 Å². The number of carbonyl (C=O) groups is 1. The smallest absolute Gasteiger partial charge is 0.254 e. The number of rotatable bonds is 7. The van der Waals surface area contributed by atoms with E-state index in [0.717, 1.165) is 38.7 Å².